The third kappa shape index (κ3) is 4.28. The molecule has 7 heteroatoms. The maximum absolute atomic E-state index is 13.4. The number of nitrogens with zero attached hydrogens (tertiary/aromatic N) is 3. The lowest BCUT2D eigenvalue weighted by atomic mass is 9.94. The zero-order chi connectivity index (χ0) is 24.4. The Morgan fingerprint density at radius 3 is 2.51 bits per heavy atom. The summed E-state index contributed by atoms with van der Waals surface area (Å²) < 4.78 is 11.0. The van der Waals surface area contributed by atoms with Crippen LogP contribution in [0.1, 0.15) is 36.9 Å². The highest BCUT2D eigenvalue weighted by atomic mass is 16.5. The number of carbonyl (C=O) groups excluding carboxylic acids is 1. The first-order valence-corrected chi connectivity index (χ1v) is 11.5. The second-order valence-corrected chi connectivity index (χ2v) is 8.30. The first-order chi connectivity index (χ1) is 17.1. The molecule has 2 heterocycles. The van der Waals surface area contributed by atoms with Gasteiger partial charge in [0, 0.05) is 11.3 Å². The van der Waals surface area contributed by atoms with Gasteiger partial charge in [-0.15, -0.1) is 0 Å². The van der Waals surface area contributed by atoms with Gasteiger partial charge in [-0.05, 0) is 60.9 Å². The Morgan fingerprint density at radius 1 is 1.03 bits per heavy atom. The molecule has 176 valence electrons. The summed E-state index contributed by atoms with van der Waals surface area (Å²) >= 11 is 0. The Bertz CT molecular complexity index is 1380. The molecule has 1 aliphatic heterocycles. The molecular formula is C28H26N4O3. The second-order valence-electron chi connectivity index (χ2n) is 8.30. The maximum Gasteiger partial charge on any atom is 0.326 e. The largest absolute Gasteiger partial charge is 0.497 e. The van der Waals surface area contributed by atoms with E-state index in [0.717, 1.165) is 45.8 Å². The monoisotopic (exact) mass is 466 g/mol. The molecule has 1 atom stereocenters. The Labute approximate surface area is 204 Å². The van der Waals surface area contributed by atoms with E-state index in [1.165, 1.54) is 0 Å². The van der Waals surface area contributed by atoms with Gasteiger partial charge in [0.1, 0.15) is 5.75 Å². The van der Waals surface area contributed by atoms with Crippen molar-refractivity contribution in [3.63, 3.8) is 0 Å². The number of hydrogen-bond donors (Lipinski definition) is 1. The highest BCUT2D eigenvalue weighted by molar-refractivity contribution is 6.01. The fraction of sp³-hybridized carbons (Fsp3) is 0.179. The molecule has 1 N–H and O–H groups in total. The van der Waals surface area contributed by atoms with Crippen molar-refractivity contribution in [2.45, 2.75) is 26.3 Å². The van der Waals surface area contributed by atoms with Crippen LogP contribution in [0, 0.1) is 0 Å². The molecule has 1 unspecified atom stereocenters. The van der Waals surface area contributed by atoms with E-state index >= 15 is 0 Å². The minimum absolute atomic E-state index is 0.205. The smallest absolute Gasteiger partial charge is 0.326 e. The number of amides is 2. The number of allylic oxidation sites excluding steroid dienone is 1. The highest BCUT2D eigenvalue weighted by Crippen LogP contribution is 2.39. The third-order valence-electron chi connectivity index (χ3n) is 6.20. The van der Waals surface area contributed by atoms with Crippen molar-refractivity contribution in [2.75, 3.05) is 12.0 Å². The normalized spacial score (nSPS) is 15.8. The van der Waals surface area contributed by atoms with Crippen LogP contribution in [0.15, 0.2) is 89.1 Å². The van der Waals surface area contributed by atoms with Crippen molar-refractivity contribution in [2.24, 2.45) is 0 Å². The number of ether oxygens (including phenoxy) is 1. The summed E-state index contributed by atoms with van der Waals surface area (Å²) in [4.78, 5) is 19.7. The Balaban J connectivity index is 1.63. The Hall–Kier alpha value is -4.39. The number of hydrogen-bond acceptors (Lipinski definition) is 5. The third-order valence-corrected chi connectivity index (χ3v) is 6.20. The summed E-state index contributed by atoms with van der Waals surface area (Å²) in [6.07, 6.45) is 0.875. The molecule has 0 spiro atoms. The van der Waals surface area contributed by atoms with E-state index in [-0.39, 0.29) is 6.03 Å². The van der Waals surface area contributed by atoms with Gasteiger partial charge < -0.3 is 14.6 Å². The predicted octanol–water partition coefficient (Wildman–Crippen LogP) is 6.01. The van der Waals surface area contributed by atoms with Crippen LogP contribution in [0.5, 0.6) is 5.75 Å². The highest BCUT2D eigenvalue weighted by Gasteiger charge is 2.36. The van der Waals surface area contributed by atoms with Gasteiger partial charge in [0.2, 0.25) is 5.82 Å². The Kier molecular flexibility index (Phi) is 6.06. The average Bonchev–Trinajstić information content (AvgIpc) is 3.39. The summed E-state index contributed by atoms with van der Waals surface area (Å²) in [5.41, 5.74) is 5.17. The number of rotatable bonds is 6. The maximum atomic E-state index is 13.4. The fourth-order valence-corrected chi connectivity index (χ4v) is 4.33. The van der Waals surface area contributed by atoms with E-state index in [1.54, 1.807) is 12.0 Å². The van der Waals surface area contributed by atoms with Gasteiger partial charge in [0.05, 0.1) is 24.4 Å². The number of benzene rings is 3. The van der Waals surface area contributed by atoms with Crippen molar-refractivity contribution < 1.29 is 14.1 Å². The van der Waals surface area contributed by atoms with Crippen molar-refractivity contribution in [3.05, 3.63) is 102 Å². The van der Waals surface area contributed by atoms with Crippen LogP contribution >= 0.6 is 0 Å². The van der Waals surface area contributed by atoms with Gasteiger partial charge in [-0.2, -0.15) is 4.98 Å². The lowest BCUT2D eigenvalue weighted by Gasteiger charge is -2.35. The topological polar surface area (TPSA) is 80.5 Å². The molecule has 0 saturated carbocycles. The molecule has 5 rings (SSSR count). The zero-order valence-electron chi connectivity index (χ0n) is 19.9. The number of nitrogens with one attached hydrogen (secondary N) is 1. The Morgan fingerprint density at radius 2 is 1.80 bits per heavy atom. The molecule has 0 bridgehead atoms. The summed E-state index contributed by atoms with van der Waals surface area (Å²) in [5.74, 6) is 1.57. The lowest BCUT2D eigenvalue weighted by Crippen LogP contribution is -2.46. The first kappa shape index (κ1) is 22.4. The molecule has 1 aliphatic rings. The molecule has 1 aromatic heterocycles. The van der Waals surface area contributed by atoms with Crippen LogP contribution in [0.4, 0.5) is 10.5 Å². The van der Waals surface area contributed by atoms with Crippen LogP contribution < -0.4 is 15.0 Å². The van der Waals surface area contributed by atoms with Crippen molar-refractivity contribution in [3.8, 4) is 17.1 Å². The summed E-state index contributed by atoms with van der Waals surface area (Å²) in [5, 5.41) is 7.38. The molecule has 7 nitrogen and oxygen atoms in total. The molecular weight excluding hydrogens is 440 g/mol. The van der Waals surface area contributed by atoms with E-state index in [2.05, 4.69) is 23.5 Å². The number of carbonyl (C=O) groups is 1. The zero-order valence-corrected chi connectivity index (χ0v) is 19.9. The minimum Gasteiger partial charge on any atom is -0.497 e. The number of aryl methyl sites for hydroxylation is 1. The van der Waals surface area contributed by atoms with Gasteiger partial charge in [0.15, 0.2) is 0 Å². The number of aromatic nitrogens is 2. The summed E-state index contributed by atoms with van der Waals surface area (Å²) in [7, 11) is 1.62. The first-order valence-electron chi connectivity index (χ1n) is 11.5. The van der Waals surface area contributed by atoms with Crippen molar-refractivity contribution in [1.29, 1.82) is 0 Å². The summed E-state index contributed by atoms with van der Waals surface area (Å²) in [6, 6.07) is 24.6. The molecule has 0 aliphatic carbocycles. The number of urea groups is 1. The van der Waals surface area contributed by atoms with Gasteiger partial charge in [0.25, 0.3) is 5.89 Å². The predicted molar refractivity (Wildman–Crippen MR) is 135 cm³/mol. The molecule has 3 aromatic carbocycles. The minimum atomic E-state index is -0.432. The molecule has 35 heavy (non-hydrogen) atoms. The van der Waals surface area contributed by atoms with Crippen LogP contribution in [0.2, 0.25) is 0 Å². The molecule has 0 radical (unpaired) electrons. The van der Waals surface area contributed by atoms with Crippen LogP contribution in [-0.4, -0.2) is 23.3 Å². The van der Waals surface area contributed by atoms with Crippen LogP contribution in [0.25, 0.3) is 17.0 Å². The van der Waals surface area contributed by atoms with Crippen LogP contribution in [-0.2, 0) is 6.42 Å². The molecule has 0 saturated heterocycles. The fourth-order valence-electron chi connectivity index (χ4n) is 4.33. The standard InChI is InChI=1S/C28H26N4O3/c1-4-19-9-8-12-22(17-19)32-18(2)24(25(29-28(32)33)20-10-6-5-7-11-20)27-30-26(31-35-27)21-13-15-23(34-3)16-14-21/h5-17,25H,4H2,1-3H3,(H,29,33). The average molecular weight is 467 g/mol. The summed E-state index contributed by atoms with van der Waals surface area (Å²) in [6.45, 7) is 4.01. The van der Waals surface area contributed by atoms with Crippen molar-refractivity contribution in [1.82, 2.24) is 15.5 Å². The van der Waals surface area contributed by atoms with E-state index in [1.807, 2.05) is 79.7 Å². The van der Waals surface area contributed by atoms with Crippen LogP contribution in [0.3, 0.4) is 0 Å². The van der Waals surface area contributed by atoms with E-state index in [4.69, 9.17) is 14.2 Å². The lowest BCUT2D eigenvalue weighted by molar-refractivity contribution is 0.244. The molecule has 0 fully saturated rings. The number of methoxy groups -OCH3 is 1. The van der Waals surface area contributed by atoms with E-state index in [9.17, 15) is 4.79 Å². The SMILES string of the molecule is CCc1cccc(N2C(=O)NC(c3ccccc3)C(c3nc(-c4ccc(OC)cc4)no3)=C2C)c1. The van der Waals surface area contributed by atoms with Gasteiger partial charge in [-0.25, -0.2) is 4.79 Å². The molecule has 4 aromatic rings. The second kappa shape index (κ2) is 9.46. The quantitative estimate of drug-likeness (QED) is 0.376. The van der Waals surface area contributed by atoms with Gasteiger partial charge >= 0.3 is 6.03 Å². The van der Waals surface area contributed by atoms with E-state index < -0.39 is 6.04 Å². The number of anilines is 1. The van der Waals surface area contributed by atoms with Gasteiger partial charge in [-0.1, -0.05) is 54.5 Å². The van der Waals surface area contributed by atoms with Crippen molar-refractivity contribution >= 4 is 17.3 Å². The van der Waals surface area contributed by atoms with E-state index in [0.29, 0.717) is 11.7 Å². The molecule has 2 amide bonds. The van der Waals surface area contributed by atoms with Gasteiger partial charge in [-0.3, -0.25) is 4.90 Å².